The topological polar surface area (TPSA) is 21.7 Å². The van der Waals surface area contributed by atoms with Crippen LogP contribution in [0.25, 0.3) is 0 Å². The van der Waals surface area contributed by atoms with Crippen molar-refractivity contribution in [3.63, 3.8) is 0 Å². The van der Waals surface area contributed by atoms with Crippen molar-refractivity contribution in [1.82, 2.24) is 0 Å². The average molecular weight is 448 g/mol. The number of benzene rings is 4. The van der Waals surface area contributed by atoms with Crippen molar-refractivity contribution in [2.24, 2.45) is 0 Å². The van der Waals surface area contributed by atoms with Crippen molar-refractivity contribution in [2.75, 3.05) is 18.1 Å². The van der Waals surface area contributed by atoms with Crippen molar-refractivity contribution in [3.8, 4) is 11.5 Å². The van der Waals surface area contributed by atoms with Gasteiger partial charge in [-0.15, -0.1) is 0 Å². The van der Waals surface area contributed by atoms with Crippen LogP contribution < -0.4 is 14.4 Å². The Balaban J connectivity index is 1.45. The SMILES string of the molecule is C=CCOc1ccc(C2c3ccc(OCc4ccccc4)cc3CCN2c2ccccc2)cc1. The van der Waals surface area contributed by atoms with Crippen LogP contribution in [0.3, 0.4) is 0 Å². The summed E-state index contributed by atoms with van der Waals surface area (Å²) in [5.74, 6) is 1.78. The van der Waals surface area contributed by atoms with Crippen LogP contribution >= 0.6 is 0 Å². The summed E-state index contributed by atoms with van der Waals surface area (Å²) in [6.07, 6.45) is 2.74. The molecule has 0 fully saturated rings. The minimum atomic E-state index is 0.128. The van der Waals surface area contributed by atoms with Gasteiger partial charge in [-0.25, -0.2) is 0 Å². The summed E-state index contributed by atoms with van der Waals surface area (Å²) in [6.45, 7) is 5.76. The maximum Gasteiger partial charge on any atom is 0.120 e. The number of hydrogen-bond donors (Lipinski definition) is 0. The van der Waals surface area contributed by atoms with Gasteiger partial charge in [-0.2, -0.15) is 0 Å². The molecule has 4 aromatic rings. The highest BCUT2D eigenvalue weighted by Crippen LogP contribution is 2.40. The molecule has 0 N–H and O–H groups in total. The Morgan fingerprint density at radius 2 is 1.50 bits per heavy atom. The molecule has 3 heteroatoms. The molecule has 1 aliphatic heterocycles. The van der Waals surface area contributed by atoms with Crippen LogP contribution in [0.2, 0.25) is 0 Å². The third-order valence-electron chi connectivity index (χ3n) is 6.24. The molecule has 1 heterocycles. The summed E-state index contributed by atoms with van der Waals surface area (Å²) < 4.78 is 11.8. The Bertz CT molecular complexity index is 1220. The number of nitrogens with zero attached hydrogens (tertiary/aromatic N) is 1. The Morgan fingerprint density at radius 3 is 2.24 bits per heavy atom. The lowest BCUT2D eigenvalue weighted by atomic mass is 9.87. The fraction of sp³-hybridized carbons (Fsp3) is 0.161. The number of fused-ring (bicyclic) bond motifs is 1. The van der Waals surface area contributed by atoms with E-state index in [0.29, 0.717) is 13.2 Å². The summed E-state index contributed by atoms with van der Waals surface area (Å²) in [5.41, 5.74) is 6.31. The lowest BCUT2D eigenvalue weighted by molar-refractivity contribution is 0.305. The third kappa shape index (κ3) is 4.84. The molecular weight excluding hydrogens is 418 g/mol. The monoisotopic (exact) mass is 447 g/mol. The van der Waals surface area contributed by atoms with Crippen LogP contribution in [0.15, 0.2) is 116 Å². The highest BCUT2D eigenvalue weighted by Gasteiger charge is 2.29. The average Bonchev–Trinajstić information content (AvgIpc) is 2.91. The largest absolute Gasteiger partial charge is 0.490 e. The maximum absolute atomic E-state index is 6.13. The fourth-order valence-corrected chi connectivity index (χ4v) is 4.59. The number of ether oxygens (including phenoxy) is 2. The van der Waals surface area contributed by atoms with Gasteiger partial charge in [0.15, 0.2) is 0 Å². The van der Waals surface area contributed by atoms with Crippen LogP contribution in [-0.2, 0) is 13.0 Å². The smallest absolute Gasteiger partial charge is 0.120 e. The minimum absolute atomic E-state index is 0.128. The second-order valence-electron chi connectivity index (χ2n) is 8.49. The first kappa shape index (κ1) is 21.8. The lowest BCUT2D eigenvalue weighted by Crippen LogP contribution is -2.36. The van der Waals surface area contributed by atoms with Crippen LogP contribution in [0.5, 0.6) is 11.5 Å². The number of hydrogen-bond acceptors (Lipinski definition) is 3. The van der Waals surface area contributed by atoms with E-state index in [1.165, 1.54) is 27.9 Å². The number of para-hydroxylation sites is 1. The van der Waals surface area contributed by atoms with Gasteiger partial charge in [0, 0.05) is 12.2 Å². The summed E-state index contributed by atoms with van der Waals surface area (Å²) in [7, 11) is 0. The van der Waals surface area contributed by atoms with E-state index in [2.05, 4.69) is 84.3 Å². The highest BCUT2D eigenvalue weighted by atomic mass is 16.5. The van der Waals surface area contributed by atoms with Crippen molar-refractivity contribution >= 4 is 5.69 Å². The van der Waals surface area contributed by atoms with Gasteiger partial charge >= 0.3 is 0 Å². The Labute approximate surface area is 201 Å². The predicted molar refractivity (Wildman–Crippen MR) is 139 cm³/mol. The lowest BCUT2D eigenvalue weighted by Gasteiger charge is -2.39. The van der Waals surface area contributed by atoms with E-state index >= 15 is 0 Å². The van der Waals surface area contributed by atoms with E-state index in [1.54, 1.807) is 6.08 Å². The van der Waals surface area contributed by atoms with E-state index in [0.717, 1.165) is 24.5 Å². The molecule has 0 bridgehead atoms. The van der Waals surface area contributed by atoms with Crippen molar-refractivity contribution in [2.45, 2.75) is 19.1 Å². The van der Waals surface area contributed by atoms with Crippen LogP contribution in [0.1, 0.15) is 28.3 Å². The standard InChI is InChI=1S/C31H29NO2/c1-2-21-33-28-15-13-25(14-16-28)31-30-18-17-29(34-23-24-9-5-3-6-10-24)22-26(30)19-20-32(31)27-11-7-4-8-12-27/h2-18,22,31H,1,19-21,23H2. The van der Waals surface area contributed by atoms with Crippen molar-refractivity contribution in [3.05, 3.63) is 138 Å². The van der Waals surface area contributed by atoms with Gasteiger partial charge in [0.1, 0.15) is 24.7 Å². The molecule has 1 aliphatic rings. The zero-order chi connectivity index (χ0) is 23.2. The molecule has 3 nitrogen and oxygen atoms in total. The Hall–Kier alpha value is -3.98. The first-order valence-electron chi connectivity index (χ1n) is 11.8. The normalized spacial score (nSPS) is 14.8. The van der Waals surface area contributed by atoms with Gasteiger partial charge in [-0.1, -0.05) is 79.4 Å². The van der Waals surface area contributed by atoms with E-state index in [9.17, 15) is 0 Å². The highest BCUT2D eigenvalue weighted by molar-refractivity contribution is 5.57. The molecule has 0 aliphatic carbocycles. The van der Waals surface area contributed by atoms with Crippen molar-refractivity contribution < 1.29 is 9.47 Å². The van der Waals surface area contributed by atoms with E-state index < -0.39 is 0 Å². The number of rotatable bonds is 8. The van der Waals surface area contributed by atoms with Gasteiger partial charge < -0.3 is 14.4 Å². The Morgan fingerprint density at radius 1 is 0.794 bits per heavy atom. The van der Waals surface area contributed by atoms with Crippen LogP contribution in [-0.4, -0.2) is 13.2 Å². The second kappa shape index (κ2) is 10.3. The molecule has 0 aromatic heterocycles. The molecule has 0 radical (unpaired) electrons. The third-order valence-corrected chi connectivity index (χ3v) is 6.24. The molecule has 34 heavy (non-hydrogen) atoms. The summed E-state index contributed by atoms with van der Waals surface area (Å²) in [6, 6.07) is 36.1. The molecule has 1 unspecified atom stereocenters. The van der Waals surface area contributed by atoms with Gasteiger partial charge in [-0.05, 0) is 65.1 Å². The molecule has 5 rings (SSSR count). The first-order valence-corrected chi connectivity index (χ1v) is 11.8. The summed E-state index contributed by atoms with van der Waals surface area (Å²) >= 11 is 0. The van der Waals surface area contributed by atoms with Gasteiger partial charge in [-0.3, -0.25) is 0 Å². The second-order valence-corrected chi connectivity index (χ2v) is 8.49. The molecule has 170 valence electrons. The zero-order valence-electron chi connectivity index (χ0n) is 19.3. The van der Waals surface area contributed by atoms with Crippen LogP contribution in [0, 0.1) is 0 Å². The van der Waals surface area contributed by atoms with Crippen LogP contribution in [0.4, 0.5) is 5.69 Å². The molecule has 0 saturated heterocycles. The molecule has 1 atom stereocenters. The quantitative estimate of drug-likeness (QED) is 0.272. The van der Waals surface area contributed by atoms with Gasteiger partial charge in [0.25, 0.3) is 0 Å². The molecular formula is C31H29NO2. The molecule has 0 spiro atoms. The molecule has 4 aromatic carbocycles. The van der Waals surface area contributed by atoms with Gasteiger partial charge in [0.05, 0.1) is 6.04 Å². The molecule has 0 saturated carbocycles. The zero-order valence-corrected chi connectivity index (χ0v) is 19.3. The van der Waals surface area contributed by atoms with E-state index in [4.69, 9.17) is 9.47 Å². The van der Waals surface area contributed by atoms with E-state index in [1.807, 2.05) is 30.3 Å². The number of anilines is 1. The van der Waals surface area contributed by atoms with Crippen molar-refractivity contribution in [1.29, 1.82) is 0 Å². The molecule has 0 amide bonds. The maximum atomic E-state index is 6.13. The Kier molecular flexibility index (Phi) is 6.62. The van der Waals surface area contributed by atoms with Gasteiger partial charge in [0.2, 0.25) is 0 Å². The summed E-state index contributed by atoms with van der Waals surface area (Å²) in [4.78, 5) is 2.49. The fourth-order valence-electron chi connectivity index (χ4n) is 4.59. The van der Waals surface area contributed by atoms with E-state index in [-0.39, 0.29) is 6.04 Å². The predicted octanol–water partition coefficient (Wildman–Crippen LogP) is 6.98. The first-order chi connectivity index (χ1) is 16.8. The summed E-state index contributed by atoms with van der Waals surface area (Å²) in [5, 5.41) is 0. The minimum Gasteiger partial charge on any atom is -0.490 e.